The number of rotatable bonds is 3. The normalized spacial score (nSPS) is 34.8. The number of fused-ring (bicyclic) bond motifs is 1. The molecule has 0 unspecified atom stereocenters. The van der Waals surface area contributed by atoms with Gasteiger partial charge in [0.15, 0.2) is 9.84 Å². The SMILES string of the molecule is CC(=O)N[C@]1(C)C[C@H](c2ccc(S(C)(=O)=O)cc2)O[C@@H]2C[C@H](C)CC[C@H]21. The highest BCUT2D eigenvalue weighted by Crippen LogP contribution is 2.47. The van der Waals surface area contributed by atoms with Crippen LogP contribution >= 0.6 is 0 Å². The molecule has 26 heavy (non-hydrogen) atoms. The second-order valence-corrected chi connectivity index (χ2v) is 10.3. The largest absolute Gasteiger partial charge is 0.370 e. The number of carbonyl (C=O) groups excluding carboxylic acids is 1. The first-order valence-electron chi connectivity index (χ1n) is 9.33. The van der Waals surface area contributed by atoms with E-state index in [0.29, 0.717) is 23.2 Å². The number of sulfone groups is 1. The van der Waals surface area contributed by atoms with E-state index in [1.54, 1.807) is 19.1 Å². The fourth-order valence-electron chi connectivity index (χ4n) is 4.68. The molecule has 3 rings (SSSR count). The molecule has 1 N–H and O–H groups in total. The average molecular weight is 380 g/mol. The predicted molar refractivity (Wildman–Crippen MR) is 101 cm³/mol. The van der Waals surface area contributed by atoms with E-state index >= 15 is 0 Å². The van der Waals surface area contributed by atoms with Gasteiger partial charge in [0.25, 0.3) is 0 Å². The van der Waals surface area contributed by atoms with Crippen molar-refractivity contribution in [2.75, 3.05) is 6.26 Å². The van der Waals surface area contributed by atoms with Crippen molar-refractivity contribution >= 4 is 15.7 Å². The van der Waals surface area contributed by atoms with Crippen LogP contribution in [-0.2, 0) is 19.4 Å². The van der Waals surface area contributed by atoms with Gasteiger partial charge in [-0.15, -0.1) is 0 Å². The molecule has 144 valence electrons. The fraction of sp³-hybridized carbons (Fsp3) is 0.650. The lowest BCUT2D eigenvalue weighted by Gasteiger charge is -2.52. The van der Waals surface area contributed by atoms with Crippen LogP contribution in [0.5, 0.6) is 0 Å². The number of amides is 1. The molecular formula is C20H29NO4S. The summed E-state index contributed by atoms with van der Waals surface area (Å²) >= 11 is 0. The number of carbonyl (C=O) groups is 1. The lowest BCUT2D eigenvalue weighted by Crippen LogP contribution is -2.60. The van der Waals surface area contributed by atoms with Gasteiger partial charge in [0, 0.05) is 31.1 Å². The Morgan fingerprint density at radius 2 is 1.88 bits per heavy atom. The third kappa shape index (κ3) is 3.96. The summed E-state index contributed by atoms with van der Waals surface area (Å²) in [5.41, 5.74) is 0.653. The number of ether oxygens (including phenoxy) is 1. The Balaban J connectivity index is 1.89. The van der Waals surface area contributed by atoms with E-state index in [1.807, 2.05) is 12.1 Å². The molecule has 1 aliphatic heterocycles. The van der Waals surface area contributed by atoms with Crippen molar-refractivity contribution in [1.29, 1.82) is 0 Å². The molecule has 0 bridgehead atoms. The van der Waals surface area contributed by atoms with E-state index in [4.69, 9.17) is 4.74 Å². The maximum atomic E-state index is 11.8. The summed E-state index contributed by atoms with van der Waals surface area (Å²) in [6.45, 7) is 5.94. The minimum absolute atomic E-state index is 0.0158. The van der Waals surface area contributed by atoms with Crippen LogP contribution < -0.4 is 5.32 Å². The molecule has 0 spiro atoms. The van der Waals surface area contributed by atoms with Gasteiger partial charge in [-0.25, -0.2) is 8.42 Å². The second-order valence-electron chi connectivity index (χ2n) is 8.33. The Morgan fingerprint density at radius 3 is 2.46 bits per heavy atom. The molecule has 0 radical (unpaired) electrons. The molecule has 6 heteroatoms. The van der Waals surface area contributed by atoms with Gasteiger partial charge < -0.3 is 10.1 Å². The maximum absolute atomic E-state index is 11.8. The van der Waals surface area contributed by atoms with Gasteiger partial charge in [-0.2, -0.15) is 0 Å². The molecule has 0 aromatic heterocycles. The monoisotopic (exact) mass is 379 g/mol. The maximum Gasteiger partial charge on any atom is 0.217 e. The van der Waals surface area contributed by atoms with E-state index in [0.717, 1.165) is 24.8 Å². The number of hydrogen-bond donors (Lipinski definition) is 1. The third-order valence-corrected chi connectivity index (χ3v) is 7.09. The average Bonchev–Trinajstić information content (AvgIpc) is 2.52. The first-order valence-corrected chi connectivity index (χ1v) is 11.2. The molecule has 1 saturated heterocycles. The Bertz CT molecular complexity index is 774. The molecule has 2 aliphatic rings. The summed E-state index contributed by atoms with van der Waals surface area (Å²) in [4.78, 5) is 12.1. The standard InChI is InChI=1S/C20H29NO4S/c1-13-5-10-17-18(11-13)25-19(12-20(17,3)21-14(2)22)15-6-8-16(9-7-15)26(4,23)24/h6-9,13,17-19H,5,10-12H2,1-4H3,(H,21,22)/t13-,17-,18-,19-,20-/m1/s1. The molecule has 1 aliphatic carbocycles. The minimum Gasteiger partial charge on any atom is -0.370 e. The lowest BCUT2D eigenvalue weighted by atomic mass is 9.66. The van der Waals surface area contributed by atoms with E-state index < -0.39 is 9.84 Å². The predicted octanol–water partition coefficient (Wildman–Crippen LogP) is 3.25. The van der Waals surface area contributed by atoms with Crippen LogP contribution in [0.2, 0.25) is 0 Å². The summed E-state index contributed by atoms with van der Waals surface area (Å²) in [5, 5.41) is 3.19. The molecule has 5 nitrogen and oxygen atoms in total. The van der Waals surface area contributed by atoms with Crippen LogP contribution in [0.15, 0.2) is 29.2 Å². The van der Waals surface area contributed by atoms with Crippen LogP contribution in [0.1, 0.15) is 58.1 Å². The minimum atomic E-state index is -3.21. The van der Waals surface area contributed by atoms with Crippen LogP contribution in [0.4, 0.5) is 0 Å². The fourth-order valence-corrected chi connectivity index (χ4v) is 5.31. The van der Waals surface area contributed by atoms with Gasteiger partial charge in [0.1, 0.15) is 0 Å². The molecule has 1 saturated carbocycles. The summed E-state index contributed by atoms with van der Waals surface area (Å²) in [6, 6.07) is 6.95. The zero-order valence-electron chi connectivity index (χ0n) is 16.0. The van der Waals surface area contributed by atoms with Gasteiger partial charge in [-0.1, -0.05) is 25.5 Å². The van der Waals surface area contributed by atoms with Gasteiger partial charge >= 0.3 is 0 Å². The smallest absolute Gasteiger partial charge is 0.217 e. The van der Waals surface area contributed by atoms with Gasteiger partial charge in [0.2, 0.25) is 5.91 Å². The lowest BCUT2D eigenvalue weighted by molar-refractivity contribution is -0.153. The topological polar surface area (TPSA) is 72.5 Å². The Kier molecular flexibility index (Phi) is 5.19. The Hall–Kier alpha value is -1.40. The molecule has 1 aromatic rings. The van der Waals surface area contributed by atoms with Crippen LogP contribution in [0, 0.1) is 11.8 Å². The first kappa shape index (κ1) is 19.4. The highest BCUT2D eigenvalue weighted by atomic mass is 32.2. The van der Waals surface area contributed by atoms with Crippen LogP contribution in [0.3, 0.4) is 0 Å². The molecule has 2 fully saturated rings. The van der Waals surface area contributed by atoms with Gasteiger partial charge in [-0.3, -0.25) is 4.79 Å². The van der Waals surface area contributed by atoms with Crippen molar-refractivity contribution in [3.63, 3.8) is 0 Å². The van der Waals surface area contributed by atoms with Crippen molar-refractivity contribution in [1.82, 2.24) is 5.32 Å². The summed E-state index contributed by atoms with van der Waals surface area (Å²) in [6.07, 6.45) is 5.09. The number of benzene rings is 1. The van der Waals surface area contributed by atoms with Crippen molar-refractivity contribution in [3.05, 3.63) is 29.8 Å². The Labute approximate surface area is 156 Å². The number of hydrogen-bond acceptors (Lipinski definition) is 4. The third-order valence-electron chi connectivity index (χ3n) is 5.96. The zero-order valence-corrected chi connectivity index (χ0v) is 16.8. The van der Waals surface area contributed by atoms with Crippen molar-refractivity contribution < 1.29 is 17.9 Å². The number of nitrogens with one attached hydrogen (secondary N) is 1. The molecular weight excluding hydrogens is 350 g/mol. The summed E-state index contributed by atoms with van der Waals surface area (Å²) in [5.74, 6) is 0.913. The quantitative estimate of drug-likeness (QED) is 0.875. The van der Waals surface area contributed by atoms with Crippen molar-refractivity contribution in [2.24, 2.45) is 11.8 Å². The second kappa shape index (κ2) is 6.97. The van der Waals surface area contributed by atoms with Crippen molar-refractivity contribution in [2.45, 2.75) is 69.1 Å². The van der Waals surface area contributed by atoms with E-state index in [2.05, 4.69) is 19.2 Å². The highest BCUT2D eigenvalue weighted by Gasteiger charge is 2.49. The van der Waals surface area contributed by atoms with E-state index in [1.165, 1.54) is 6.26 Å². The molecule has 1 aromatic carbocycles. The molecule has 1 amide bonds. The zero-order chi connectivity index (χ0) is 19.1. The van der Waals surface area contributed by atoms with Crippen molar-refractivity contribution in [3.8, 4) is 0 Å². The Morgan fingerprint density at radius 1 is 1.23 bits per heavy atom. The molecule has 5 atom stereocenters. The van der Waals surface area contributed by atoms with E-state index in [9.17, 15) is 13.2 Å². The highest BCUT2D eigenvalue weighted by molar-refractivity contribution is 7.90. The van der Waals surface area contributed by atoms with Crippen LogP contribution in [-0.4, -0.2) is 32.2 Å². The summed E-state index contributed by atoms with van der Waals surface area (Å²) in [7, 11) is -3.21. The van der Waals surface area contributed by atoms with Gasteiger partial charge in [0.05, 0.1) is 17.1 Å². The van der Waals surface area contributed by atoms with Gasteiger partial charge in [-0.05, 0) is 43.4 Å². The van der Waals surface area contributed by atoms with Crippen LogP contribution in [0.25, 0.3) is 0 Å². The first-order chi connectivity index (χ1) is 12.1. The molecule has 1 heterocycles. The van der Waals surface area contributed by atoms with E-state index in [-0.39, 0.29) is 23.7 Å². The summed E-state index contributed by atoms with van der Waals surface area (Å²) < 4.78 is 29.8.